The van der Waals surface area contributed by atoms with E-state index in [1.54, 1.807) is 0 Å². The molecule has 1 aromatic rings. The molecule has 1 spiro atoms. The predicted molar refractivity (Wildman–Crippen MR) is 84.8 cm³/mol. The van der Waals surface area contributed by atoms with E-state index in [9.17, 15) is 8.42 Å². The van der Waals surface area contributed by atoms with Crippen LogP contribution in [0.3, 0.4) is 0 Å². The normalized spacial score (nSPS) is 26.8. The van der Waals surface area contributed by atoms with E-state index in [4.69, 9.17) is 34.8 Å². The smallest absolute Gasteiger partial charge is 0.246 e. The van der Waals surface area contributed by atoms with Crippen molar-refractivity contribution in [3.05, 3.63) is 27.2 Å². The molecule has 2 aliphatic rings. The van der Waals surface area contributed by atoms with Crippen molar-refractivity contribution in [2.24, 2.45) is 5.41 Å². The molecule has 0 saturated carbocycles. The summed E-state index contributed by atoms with van der Waals surface area (Å²) in [5.74, 6) is 0. The Morgan fingerprint density at radius 2 is 1.81 bits per heavy atom. The van der Waals surface area contributed by atoms with Gasteiger partial charge in [0.1, 0.15) is 4.90 Å². The summed E-state index contributed by atoms with van der Waals surface area (Å²) in [4.78, 5) is -0.0433. The van der Waals surface area contributed by atoms with Crippen LogP contribution in [0.4, 0.5) is 0 Å². The second-order valence-corrected chi connectivity index (χ2v) is 8.84. The van der Waals surface area contributed by atoms with Crippen LogP contribution in [-0.4, -0.2) is 38.9 Å². The molecule has 116 valence electrons. The summed E-state index contributed by atoms with van der Waals surface area (Å²) in [6.45, 7) is 2.81. The van der Waals surface area contributed by atoms with Gasteiger partial charge in [-0.2, -0.15) is 4.31 Å². The van der Waals surface area contributed by atoms with Crippen molar-refractivity contribution in [3.8, 4) is 0 Å². The zero-order valence-electron chi connectivity index (χ0n) is 11.2. The van der Waals surface area contributed by atoms with Crippen molar-refractivity contribution in [1.29, 1.82) is 0 Å². The molecule has 0 aromatic heterocycles. The highest BCUT2D eigenvalue weighted by molar-refractivity contribution is 7.89. The van der Waals surface area contributed by atoms with Crippen molar-refractivity contribution in [3.63, 3.8) is 0 Å². The Kier molecular flexibility index (Phi) is 4.19. The maximum atomic E-state index is 12.8. The van der Waals surface area contributed by atoms with Crippen molar-refractivity contribution in [2.75, 3.05) is 26.2 Å². The maximum absolute atomic E-state index is 12.8. The number of halogens is 3. The summed E-state index contributed by atoms with van der Waals surface area (Å²) in [6.07, 6.45) is 1.86. The van der Waals surface area contributed by atoms with Gasteiger partial charge in [-0.1, -0.05) is 34.8 Å². The predicted octanol–water partition coefficient (Wildman–Crippen LogP) is 3.02. The van der Waals surface area contributed by atoms with Gasteiger partial charge in [-0.05, 0) is 36.9 Å². The molecule has 2 saturated heterocycles. The number of rotatable bonds is 2. The largest absolute Gasteiger partial charge is 0.316 e. The molecule has 0 aliphatic carbocycles. The van der Waals surface area contributed by atoms with Crippen LogP contribution in [0.2, 0.25) is 15.1 Å². The van der Waals surface area contributed by atoms with Gasteiger partial charge in [-0.25, -0.2) is 8.42 Å². The zero-order valence-corrected chi connectivity index (χ0v) is 14.3. The molecule has 0 radical (unpaired) electrons. The lowest BCUT2D eigenvalue weighted by molar-refractivity contribution is 0.338. The Morgan fingerprint density at radius 3 is 2.38 bits per heavy atom. The molecule has 1 atom stereocenters. The summed E-state index contributed by atoms with van der Waals surface area (Å²) in [6, 6.07) is 2.82. The average molecular weight is 370 g/mol. The third-order valence-corrected chi connectivity index (χ3v) is 7.28. The lowest BCUT2D eigenvalue weighted by Gasteiger charge is -2.23. The Balaban J connectivity index is 1.95. The van der Waals surface area contributed by atoms with Crippen LogP contribution in [0, 0.1) is 5.41 Å². The minimum Gasteiger partial charge on any atom is -0.316 e. The Morgan fingerprint density at radius 1 is 1.14 bits per heavy atom. The van der Waals surface area contributed by atoms with Gasteiger partial charge in [-0.3, -0.25) is 0 Å². The highest BCUT2D eigenvalue weighted by Gasteiger charge is 2.45. The van der Waals surface area contributed by atoms with Crippen molar-refractivity contribution in [1.82, 2.24) is 9.62 Å². The first-order valence-corrected chi connectivity index (χ1v) is 9.27. The first kappa shape index (κ1) is 15.8. The Labute approximate surface area is 139 Å². The first-order chi connectivity index (χ1) is 9.84. The third kappa shape index (κ3) is 2.80. The Hall–Kier alpha value is -0.0400. The highest BCUT2D eigenvalue weighted by Crippen LogP contribution is 2.41. The molecule has 1 unspecified atom stereocenters. The molecule has 0 bridgehead atoms. The summed E-state index contributed by atoms with van der Waals surface area (Å²) in [7, 11) is -3.70. The molecule has 2 heterocycles. The van der Waals surface area contributed by atoms with Crippen LogP contribution in [0.25, 0.3) is 0 Å². The van der Waals surface area contributed by atoms with Crippen LogP contribution >= 0.6 is 34.8 Å². The van der Waals surface area contributed by atoms with E-state index >= 15 is 0 Å². The molecule has 3 rings (SSSR count). The average Bonchev–Trinajstić information content (AvgIpc) is 2.99. The topological polar surface area (TPSA) is 49.4 Å². The lowest BCUT2D eigenvalue weighted by atomic mass is 9.87. The van der Waals surface area contributed by atoms with E-state index in [2.05, 4.69) is 5.32 Å². The van der Waals surface area contributed by atoms with Gasteiger partial charge >= 0.3 is 0 Å². The molecule has 2 aliphatic heterocycles. The number of hydrogen-bond acceptors (Lipinski definition) is 3. The number of nitrogens with zero attached hydrogens (tertiary/aromatic N) is 1. The van der Waals surface area contributed by atoms with Gasteiger partial charge < -0.3 is 5.32 Å². The summed E-state index contributed by atoms with van der Waals surface area (Å²) >= 11 is 18.0. The van der Waals surface area contributed by atoms with Gasteiger partial charge in [0, 0.05) is 24.7 Å². The van der Waals surface area contributed by atoms with E-state index in [1.165, 1.54) is 16.4 Å². The number of hydrogen-bond donors (Lipinski definition) is 1. The van der Waals surface area contributed by atoms with Crippen LogP contribution in [0.1, 0.15) is 12.8 Å². The van der Waals surface area contributed by atoms with Crippen LogP contribution in [0.15, 0.2) is 17.0 Å². The SMILES string of the molecule is O=S(=O)(c1c(Cl)cc(Cl)cc1Cl)N1CCC2(CCNC2)C1. The first-order valence-electron chi connectivity index (χ1n) is 6.70. The monoisotopic (exact) mass is 368 g/mol. The van der Waals surface area contributed by atoms with E-state index in [0.29, 0.717) is 18.1 Å². The molecule has 0 amide bonds. The molecule has 1 N–H and O–H groups in total. The number of benzene rings is 1. The van der Waals surface area contributed by atoms with Gasteiger partial charge in [0.05, 0.1) is 10.0 Å². The van der Waals surface area contributed by atoms with Crippen LogP contribution in [0.5, 0.6) is 0 Å². The summed E-state index contributed by atoms with van der Waals surface area (Å²) < 4.78 is 27.1. The molecule has 4 nitrogen and oxygen atoms in total. The van der Waals surface area contributed by atoms with Gasteiger partial charge in [0.2, 0.25) is 10.0 Å². The van der Waals surface area contributed by atoms with E-state index in [1.807, 2.05) is 0 Å². The molecule has 21 heavy (non-hydrogen) atoms. The van der Waals surface area contributed by atoms with Gasteiger partial charge in [0.15, 0.2) is 0 Å². The number of nitrogens with one attached hydrogen (secondary N) is 1. The molecule has 2 fully saturated rings. The van der Waals surface area contributed by atoms with Gasteiger partial charge in [0.25, 0.3) is 0 Å². The molecule has 8 heteroatoms. The summed E-state index contributed by atoms with van der Waals surface area (Å²) in [5, 5.41) is 3.76. The zero-order chi connectivity index (χ0) is 15.3. The van der Waals surface area contributed by atoms with E-state index < -0.39 is 10.0 Å². The van der Waals surface area contributed by atoms with Crippen molar-refractivity contribution < 1.29 is 8.42 Å². The second-order valence-electron chi connectivity index (χ2n) is 5.71. The minimum atomic E-state index is -3.70. The van der Waals surface area contributed by atoms with Crippen molar-refractivity contribution >= 4 is 44.8 Å². The van der Waals surface area contributed by atoms with Crippen LogP contribution in [-0.2, 0) is 10.0 Å². The van der Waals surface area contributed by atoms with Gasteiger partial charge in [-0.15, -0.1) is 0 Å². The van der Waals surface area contributed by atoms with E-state index in [0.717, 1.165) is 25.9 Å². The fourth-order valence-corrected chi connectivity index (χ4v) is 6.19. The van der Waals surface area contributed by atoms with E-state index in [-0.39, 0.29) is 20.4 Å². The fourth-order valence-electron chi connectivity index (χ4n) is 3.15. The van der Waals surface area contributed by atoms with Crippen molar-refractivity contribution in [2.45, 2.75) is 17.7 Å². The fraction of sp³-hybridized carbons (Fsp3) is 0.538. The molecular weight excluding hydrogens is 355 g/mol. The molecule has 1 aromatic carbocycles. The summed E-state index contributed by atoms with van der Waals surface area (Å²) in [5.41, 5.74) is 0.0540. The second kappa shape index (κ2) is 5.55. The minimum absolute atomic E-state index is 0.0433. The quantitative estimate of drug-likeness (QED) is 0.872. The highest BCUT2D eigenvalue weighted by atomic mass is 35.5. The standard InChI is InChI=1S/C13H15Cl3N2O2S/c14-9-5-10(15)12(11(16)6-9)21(19,20)18-4-2-13(8-18)1-3-17-7-13/h5-6,17H,1-4,7-8H2. The van der Waals surface area contributed by atoms with Crippen LogP contribution < -0.4 is 5.32 Å². The maximum Gasteiger partial charge on any atom is 0.246 e. The lowest BCUT2D eigenvalue weighted by Crippen LogP contribution is -2.33. The number of sulfonamides is 1. The molecular formula is C13H15Cl3N2O2S. The Bertz CT molecular complexity index is 649. The third-order valence-electron chi connectivity index (χ3n) is 4.30.